The van der Waals surface area contributed by atoms with Crippen LogP contribution in [0.4, 0.5) is 17.6 Å². The lowest BCUT2D eigenvalue weighted by Crippen LogP contribution is -2.53. The number of esters is 1. The van der Waals surface area contributed by atoms with Crippen molar-refractivity contribution in [3.63, 3.8) is 0 Å². The molecule has 0 amide bonds. The van der Waals surface area contributed by atoms with Gasteiger partial charge in [0.2, 0.25) is 0 Å². The Bertz CT molecular complexity index is 714. The molecule has 22 heavy (non-hydrogen) atoms. The van der Waals surface area contributed by atoms with Gasteiger partial charge in [-0.15, -0.1) is 0 Å². The molecular formula is C10H6F4O7S. The first-order chi connectivity index (χ1) is 9.82. The third-order valence-electron chi connectivity index (χ3n) is 2.27. The molecule has 0 radical (unpaired) electrons. The Kier molecular flexibility index (Phi) is 4.49. The van der Waals surface area contributed by atoms with E-state index < -0.39 is 44.5 Å². The van der Waals surface area contributed by atoms with Gasteiger partial charge in [0.05, 0.1) is 0 Å². The monoisotopic (exact) mass is 346 g/mol. The third kappa shape index (κ3) is 3.01. The number of halogens is 4. The van der Waals surface area contributed by atoms with Crippen LogP contribution in [-0.4, -0.2) is 41.2 Å². The van der Waals surface area contributed by atoms with E-state index in [1.165, 1.54) is 0 Å². The normalized spacial score (nSPS) is 12.8. The van der Waals surface area contributed by atoms with Crippen LogP contribution in [0.15, 0.2) is 24.3 Å². The molecule has 0 unspecified atom stereocenters. The van der Waals surface area contributed by atoms with E-state index >= 15 is 0 Å². The SMILES string of the molecule is O=C(O)c1ccccc1OC(=O)C(F)(F)C(F)(F)S(=O)(=O)O. The van der Waals surface area contributed by atoms with Crippen molar-refractivity contribution in [1.82, 2.24) is 0 Å². The summed E-state index contributed by atoms with van der Waals surface area (Å²) in [5.41, 5.74) is -0.804. The summed E-state index contributed by atoms with van der Waals surface area (Å²) in [5.74, 6) is -11.7. The van der Waals surface area contributed by atoms with Crippen LogP contribution in [0.1, 0.15) is 10.4 Å². The van der Waals surface area contributed by atoms with Crippen LogP contribution in [0, 0.1) is 0 Å². The number of carbonyl (C=O) groups excluding carboxylic acids is 1. The Balaban J connectivity index is 3.21. The molecule has 0 aliphatic carbocycles. The summed E-state index contributed by atoms with van der Waals surface area (Å²) >= 11 is 0. The number of hydrogen-bond donors (Lipinski definition) is 2. The maximum absolute atomic E-state index is 13.2. The van der Waals surface area contributed by atoms with Gasteiger partial charge in [-0.05, 0) is 12.1 Å². The highest BCUT2D eigenvalue weighted by Crippen LogP contribution is 2.39. The number of carbonyl (C=O) groups is 2. The van der Waals surface area contributed by atoms with Crippen molar-refractivity contribution < 1.29 is 50.0 Å². The fourth-order valence-electron chi connectivity index (χ4n) is 1.18. The van der Waals surface area contributed by atoms with Crippen LogP contribution < -0.4 is 4.74 Å². The summed E-state index contributed by atoms with van der Waals surface area (Å²) in [7, 11) is -6.62. The number of hydrogen-bond acceptors (Lipinski definition) is 5. The van der Waals surface area contributed by atoms with E-state index in [1.807, 2.05) is 0 Å². The molecule has 12 heteroatoms. The van der Waals surface area contributed by atoms with E-state index in [0.29, 0.717) is 6.07 Å². The average molecular weight is 346 g/mol. The molecule has 1 aromatic carbocycles. The van der Waals surface area contributed by atoms with E-state index in [9.17, 15) is 35.6 Å². The molecule has 0 fully saturated rings. The first-order valence-corrected chi connectivity index (χ1v) is 6.53. The highest BCUT2D eigenvalue weighted by atomic mass is 32.2. The summed E-state index contributed by atoms with van der Waals surface area (Å²) in [4.78, 5) is 21.8. The molecule has 2 N–H and O–H groups in total. The number of ether oxygens (including phenoxy) is 1. The lowest BCUT2D eigenvalue weighted by Gasteiger charge is -2.22. The van der Waals surface area contributed by atoms with Gasteiger partial charge in [0, 0.05) is 0 Å². The second-order valence-electron chi connectivity index (χ2n) is 3.76. The lowest BCUT2D eigenvalue weighted by molar-refractivity contribution is -0.196. The molecule has 0 saturated carbocycles. The number of carboxylic acid groups (broad SMARTS) is 1. The van der Waals surface area contributed by atoms with Gasteiger partial charge in [0.1, 0.15) is 11.3 Å². The molecular weight excluding hydrogens is 340 g/mol. The molecule has 7 nitrogen and oxygen atoms in total. The van der Waals surface area contributed by atoms with E-state index in [-0.39, 0.29) is 0 Å². The van der Waals surface area contributed by atoms with Crippen LogP contribution in [0.5, 0.6) is 5.75 Å². The first kappa shape index (κ1) is 17.8. The van der Waals surface area contributed by atoms with Crippen molar-refractivity contribution in [1.29, 1.82) is 0 Å². The minimum atomic E-state index is -6.62. The average Bonchev–Trinajstić information content (AvgIpc) is 2.37. The zero-order valence-corrected chi connectivity index (χ0v) is 11.0. The molecule has 122 valence electrons. The molecule has 0 aromatic heterocycles. The van der Waals surface area contributed by atoms with Gasteiger partial charge in [-0.2, -0.15) is 26.0 Å². The summed E-state index contributed by atoms with van der Waals surface area (Å²) in [6.45, 7) is 0. The predicted molar refractivity (Wildman–Crippen MR) is 60.5 cm³/mol. The maximum atomic E-state index is 13.2. The summed E-state index contributed by atoms with van der Waals surface area (Å²) < 4.78 is 84.6. The van der Waals surface area contributed by atoms with E-state index in [2.05, 4.69) is 4.74 Å². The Hall–Kier alpha value is -2.21. The van der Waals surface area contributed by atoms with Crippen molar-refractivity contribution in [3.8, 4) is 5.75 Å². The Morgan fingerprint density at radius 2 is 1.59 bits per heavy atom. The summed E-state index contributed by atoms with van der Waals surface area (Å²) in [6, 6.07) is 3.72. The Morgan fingerprint density at radius 3 is 2.05 bits per heavy atom. The summed E-state index contributed by atoms with van der Waals surface area (Å²) in [6.07, 6.45) is 0. The molecule has 0 bridgehead atoms. The highest BCUT2D eigenvalue weighted by molar-refractivity contribution is 7.87. The van der Waals surface area contributed by atoms with E-state index in [0.717, 1.165) is 18.2 Å². The summed E-state index contributed by atoms with van der Waals surface area (Å²) in [5, 5.41) is 2.55. The van der Waals surface area contributed by atoms with Crippen LogP contribution in [0.3, 0.4) is 0 Å². The van der Waals surface area contributed by atoms with Crippen molar-refractivity contribution in [2.75, 3.05) is 0 Å². The van der Waals surface area contributed by atoms with Gasteiger partial charge in [0.25, 0.3) is 0 Å². The standard InChI is InChI=1S/C10H6F4O7S/c11-9(12,10(13,14)22(18,19)20)8(17)21-6-4-2-1-3-5(6)7(15)16/h1-4H,(H,15,16)(H,18,19,20). The van der Waals surface area contributed by atoms with Crippen molar-refractivity contribution in [2.24, 2.45) is 0 Å². The topological polar surface area (TPSA) is 118 Å². The largest absolute Gasteiger partial charge is 0.478 e. The van der Waals surface area contributed by atoms with Crippen molar-refractivity contribution in [2.45, 2.75) is 11.2 Å². The van der Waals surface area contributed by atoms with Gasteiger partial charge < -0.3 is 9.84 Å². The second kappa shape index (κ2) is 5.53. The third-order valence-corrected chi connectivity index (χ3v) is 3.17. The van der Waals surface area contributed by atoms with Crippen LogP contribution in [-0.2, 0) is 14.9 Å². The Labute approximate surface area is 119 Å². The fourth-order valence-corrected chi connectivity index (χ4v) is 1.58. The number of carboxylic acids is 1. The maximum Gasteiger partial charge on any atom is 0.443 e. The van der Waals surface area contributed by atoms with Crippen LogP contribution in [0.25, 0.3) is 0 Å². The highest BCUT2D eigenvalue weighted by Gasteiger charge is 2.71. The van der Waals surface area contributed by atoms with Crippen LogP contribution >= 0.6 is 0 Å². The van der Waals surface area contributed by atoms with Crippen molar-refractivity contribution in [3.05, 3.63) is 29.8 Å². The zero-order chi connectivity index (χ0) is 17.3. The molecule has 0 aliphatic heterocycles. The second-order valence-corrected chi connectivity index (χ2v) is 5.22. The zero-order valence-electron chi connectivity index (χ0n) is 10.2. The first-order valence-electron chi connectivity index (χ1n) is 5.09. The number of rotatable bonds is 5. The molecule has 0 aliphatic rings. The van der Waals surface area contributed by atoms with Crippen molar-refractivity contribution >= 4 is 22.1 Å². The number of para-hydroxylation sites is 1. The van der Waals surface area contributed by atoms with Gasteiger partial charge in [-0.3, -0.25) is 4.55 Å². The molecule has 0 spiro atoms. The Morgan fingerprint density at radius 1 is 1.09 bits per heavy atom. The van der Waals surface area contributed by atoms with Gasteiger partial charge in [0.15, 0.2) is 0 Å². The number of alkyl halides is 4. The number of aromatic carboxylic acids is 1. The minimum Gasteiger partial charge on any atom is -0.478 e. The van der Waals surface area contributed by atoms with Gasteiger partial charge in [-0.1, -0.05) is 12.1 Å². The quantitative estimate of drug-likeness (QED) is 0.358. The predicted octanol–water partition coefficient (Wildman–Crippen LogP) is 1.41. The lowest BCUT2D eigenvalue weighted by atomic mass is 10.2. The molecule has 1 aromatic rings. The molecule has 0 saturated heterocycles. The molecule has 0 atom stereocenters. The molecule has 0 heterocycles. The number of benzene rings is 1. The molecule has 1 rings (SSSR count). The van der Waals surface area contributed by atoms with Gasteiger partial charge in [-0.25, -0.2) is 9.59 Å². The van der Waals surface area contributed by atoms with Crippen LogP contribution in [0.2, 0.25) is 0 Å². The van der Waals surface area contributed by atoms with Gasteiger partial charge >= 0.3 is 33.2 Å². The fraction of sp³-hybridized carbons (Fsp3) is 0.200. The minimum absolute atomic E-state index is 0.711. The van der Waals surface area contributed by atoms with E-state index in [4.69, 9.17) is 9.66 Å². The van der Waals surface area contributed by atoms with E-state index in [1.54, 1.807) is 0 Å². The smallest absolute Gasteiger partial charge is 0.443 e.